The molecule has 0 radical (unpaired) electrons. The van der Waals surface area contributed by atoms with Crippen molar-refractivity contribution in [2.75, 3.05) is 0 Å². The minimum absolute atomic E-state index is 0.159. The second-order valence-corrected chi connectivity index (χ2v) is 1.14. The summed E-state index contributed by atoms with van der Waals surface area (Å²) in [5.41, 5.74) is 0. The molecule has 4 heteroatoms. The zero-order valence-corrected chi connectivity index (χ0v) is 3.89. The fourth-order valence-electron chi connectivity index (χ4n) is 0.161. The van der Waals surface area contributed by atoms with E-state index in [1.54, 1.807) is 0 Å². The molecule has 2 unspecified atom stereocenters. The fourth-order valence-corrected chi connectivity index (χ4v) is 0.161. The normalized spacial score (nSPS) is 19.0. The number of hydrogen-bond acceptors (Lipinski definition) is 1. The van der Waals surface area contributed by atoms with Gasteiger partial charge in [-0.1, -0.05) is 0 Å². The Morgan fingerprint density at radius 1 is 1.38 bits per heavy atom. The second kappa shape index (κ2) is 3.49. The summed E-state index contributed by atoms with van der Waals surface area (Å²) in [5.74, 6) is 0. The minimum Gasteiger partial charge on any atom is -0.362 e. The fraction of sp³-hybridized carbons (Fsp3) is 0.500. The Morgan fingerprint density at radius 2 is 1.88 bits per heavy atom. The number of aliphatic hydroxyl groups excluding tert-OH is 1. The largest absolute Gasteiger partial charge is 0.362 e. The summed E-state index contributed by atoms with van der Waals surface area (Å²) < 4.78 is 33.7. The van der Waals surface area contributed by atoms with Gasteiger partial charge in [0, 0.05) is 0 Å². The van der Waals surface area contributed by atoms with Crippen molar-refractivity contribution in [1.29, 1.82) is 0 Å². The molecule has 0 fully saturated rings. The number of halogens is 3. The van der Waals surface area contributed by atoms with E-state index in [0.717, 1.165) is 0 Å². The van der Waals surface area contributed by atoms with Crippen LogP contribution >= 0.6 is 0 Å². The van der Waals surface area contributed by atoms with Crippen molar-refractivity contribution in [2.24, 2.45) is 0 Å². The highest BCUT2D eigenvalue weighted by Gasteiger charge is 2.11. The maximum atomic E-state index is 11.6. The molecular formula is C4H5F3O. The number of alkyl halides is 2. The molecule has 2 atom stereocenters. The smallest absolute Gasteiger partial charge is 0.231 e. The van der Waals surface area contributed by atoms with Crippen molar-refractivity contribution >= 4 is 0 Å². The lowest BCUT2D eigenvalue weighted by Crippen LogP contribution is -2.12. The highest BCUT2D eigenvalue weighted by atomic mass is 19.2. The Labute approximate surface area is 44.4 Å². The van der Waals surface area contributed by atoms with Crippen LogP contribution in [0.1, 0.15) is 0 Å². The van der Waals surface area contributed by atoms with Gasteiger partial charge in [0.1, 0.15) is 0 Å². The van der Waals surface area contributed by atoms with Gasteiger partial charge in [-0.05, 0) is 6.08 Å². The van der Waals surface area contributed by atoms with E-state index in [0.29, 0.717) is 0 Å². The van der Waals surface area contributed by atoms with E-state index in [1.807, 2.05) is 0 Å². The molecule has 1 N–H and O–H groups in total. The highest BCUT2D eigenvalue weighted by Crippen LogP contribution is 2.01. The van der Waals surface area contributed by atoms with Crippen LogP contribution in [0.3, 0.4) is 0 Å². The number of aliphatic hydroxyl groups is 1. The van der Waals surface area contributed by atoms with Crippen molar-refractivity contribution in [1.82, 2.24) is 0 Å². The predicted octanol–water partition coefficient (Wildman–Crippen LogP) is 1.10. The van der Waals surface area contributed by atoms with Crippen LogP contribution in [-0.2, 0) is 0 Å². The standard InChI is InChI=1S/C4H5F3O/c5-2-1-3(6)4(7)8/h1-4,8H. The molecular weight excluding hydrogens is 121 g/mol. The van der Waals surface area contributed by atoms with Gasteiger partial charge in [-0.25, -0.2) is 13.2 Å². The molecule has 0 rings (SSSR count). The van der Waals surface area contributed by atoms with Gasteiger partial charge in [0.05, 0.1) is 6.33 Å². The van der Waals surface area contributed by atoms with Crippen LogP contribution < -0.4 is 0 Å². The summed E-state index contributed by atoms with van der Waals surface area (Å²) in [6.07, 6.45) is -4.75. The van der Waals surface area contributed by atoms with Crippen LogP contribution in [-0.4, -0.2) is 17.6 Å². The molecule has 0 saturated heterocycles. The van der Waals surface area contributed by atoms with Crippen molar-refractivity contribution in [2.45, 2.75) is 12.5 Å². The third-order valence-electron chi connectivity index (χ3n) is 0.519. The van der Waals surface area contributed by atoms with Gasteiger partial charge in [0.25, 0.3) is 0 Å². The topological polar surface area (TPSA) is 20.2 Å². The lowest BCUT2D eigenvalue weighted by molar-refractivity contribution is -0.00901. The third-order valence-corrected chi connectivity index (χ3v) is 0.519. The van der Waals surface area contributed by atoms with E-state index >= 15 is 0 Å². The minimum atomic E-state index is -2.62. The van der Waals surface area contributed by atoms with E-state index in [1.165, 1.54) is 0 Å². The number of rotatable bonds is 2. The van der Waals surface area contributed by atoms with Crippen molar-refractivity contribution in [3.05, 3.63) is 12.4 Å². The van der Waals surface area contributed by atoms with Crippen molar-refractivity contribution in [3.8, 4) is 0 Å². The zero-order valence-electron chi connectivity index (χ0n) is 3.89. The second-order valence-electron chi connectivity index (χ2n) is 1.14. The molecule has 0 spiro atoms. The average Bonchev–Trinajstić information content (AvgIpc) is 1.67. The maximum Gasteiger partial charge on any atom is 0.231 e. The van der Waals surface area contributed by atoms with Crippen molar-refractivity contribution in [3.63, 3.8) is 0 Å². The first-order chi connectivity index (χ1) is 3.68. The third kappa shape index (κ3) is 2.63. The van der Waals surface area contributed by atoms with Gasteiger partial charge in [-0.3, -0.25) is 0 Å². The van der Waals surface area contributed by atoms with E-state index in [4.69, 9.17) is 5.11 Å². The molecule has 1 nitrogen and oxygen atoms in total. The number of hydrogen-bond donors (Lipinski definition) is 1. The monoisotopic (exact) mass is 126 g/mol. The van der Waals surface area contributed by atoms with Crippen LogP contribution in [0.5, 0.6) is 0 Å². The predicted molar refractivity (Wildman–Crippen MR) is 22.3 cm³/mol. The molecule has 48 valence electrons. The first-order valence-corrected chi connectivity index (χ1v) is 1.91. The van der Waals surface area contributed by atoms with Gasteiger partial charge >= 0.3 is 0 Å². The lowest BCUT2D eigenvalue weighted by Gasteiger charge is -1.98. The van der Waals surface area contributed by atoms with Crippen molar-refractivity contribution < 1.29 is 18.3 Å². The Bertz CT molecular complexity index is 81.4. The molecule has 0 saturated carbocycles. The van der Waals surface area contributed by atoms with E-state index < -0.39 is 12.5 Å². The molecule has 0 aliphatic carbocycles. The summed E-state index contributed by atoms with van der Waals surface area (Å²) >= 11 is 0. The molecule has 8 heavy (non-hydrogen) atoms. The summed E-state index contributed by atoms with van der Waals surface area (Å²) in [6.45, 7) is 0. The van der Waals surface area contributed by atoms with Gasteiger partial charge in [0.2, 0.25) is 6.36 Å². The SMILES string of the molecule is OC(F)C(F)C=CF. The highest BCUT2D eigenvalue weighted by molar-refractivity contribution is 4.83. The summed E-state index contributed by atoms with van der Waals surface area (Å²) in [5, 5.41) is 7.69. The van der Waals surface area contributed by atoms with E-state index in [-0.39, 0.29) is 12.4 Å². The molecule has 0 amide bonds. The summed E-state index contributed by atoms with van der Waals surface area (Å²) in [7, 11) is 0. The summed E-state index contributed by atoms with van der Waals surface area (Å²) in [6, 6.07) is 0. The molecule has 0 aromatic rings. The van der Waals surface area contributed by atoms with Gasteiger partial charge in [-0.2, -0.15) is 0 Å². The zero-order chi connectivity index (χ0) is 6.57. The van der Waals surface area contributed by atoms with Crippen LogP contribution in [0.25, 0.3) is 0 Å². The molecule has 0 aliphatic rings. The molecule has 0 heterocycles. The van der Waals surface area contributed by atoms with Crippen LogP contribution in [0, 0.1) is 0 Å². The Balaban J connectivity index is 3.47. The maximum absolute atomic E-state index is 11.6. The summed E-state index contributed by atoms with van der Waals surface area (Å²) in [4.78, 5) is 0. The average molecular weight is 126 g/mol. The Morgan fingerprint density at radius 3 is 2.00 bits per heavy atom. The molecule has 0 aromatic carbocycles. The van der Waals surface area contributed by atoms with Gasteiger partial charge in [0.15, 0.2) is 6.17 Å². The van der Waals surface area contributed by atoms with Gasteiger partial charge in [-0.15, -0.1) is 0 Å². The van der Waals surface area contributed by atoms with Crippen LogP contribution in [0.4, 0.5) is 13.2 Å². The molecule has 0 aliphatic heterocycles. The Hall–Kier alpha value is -0.510. The van der Waals surface area contributed by atoms with Gasteiger partial charge < -0.3 is 5.11 Å². The Kier molecular flexibility index (Phi) is 3.26. The quantitative estimate of drug-likeness (QED) is 0.587. The van der Waals surface area contributed by atoms with Crippen LogP contribution in [0.2, 0.25) is 0 Å². The first-order valence-electron chi connectivity index (χ1n) is 1.91. The molecule has 0 aromatic heterocycles. The van der Waals surface area contributed by atoms with E-state index in [2.05, 4.69) is 0 Å². The molecule has 0 bridgehead atoms. The lowest BCUT2D eigenvalue weighted by atomic mass is 10.4. The van der Waals surface area contributed by atoms with E-state index in [9.17, 15) is 13.2 Å². The first kappa shape index (κ1) is 7.49. The van der Waals surface area contributed by atoms with Crippen LogP contribution in [0.15, 0.2) is 12.4 Å².